The molecule has 0 aliphatic heterocycles. The van der Waals surface area contributed by atoms with Gasteiger partial charge in [-0.25, -0.2) is 0 Å². The first-order chi connectivity index (χ1) is 9.74. The number of nitrogen functional groups attached to an aromatic ring is 1. The Morgan fingerprint density at radius 3 is 2.62 bits per heavy atom. The molecule has 0 aromatic heterocycles. The predicted octanol–water partition coefficient (Wildman–Crippen LogP) is 1.54. The van der Waals surface area contributed by atoms with Crippen LogP contribution in [-0.4, -0.2) is 42.7 Å². The standard InChI is InChI=1S/C13H18F3N3O2/c1-19(6-7-20)5-4-12(21)18-9-2-3-11(17)10(8-9)13(14,15)16/h2-3,8,20H,4-7,17H2,1H3,(H,18,21). The Bertz CT molecular complexity index is 492. The zero-order chi connectivity index (χ0) is 16.0. The predicted molar refractivity (Wildman–Crippen MR) is 73.7 cm³/mol. The van der Waals surface area contributed by atoms with Crippen LogP contribution in [0.15, 0.2) is 18.2 Å². The van der Waals surface area contributed by atoms with Gasteiger partial charge in [-0.15, -0.1) is 0 Å². The van der Waals surface area contributed by atoms with Gasteiger partial charge in [0.1, 0.15) is 0 Å². The second-order valence-corrected chi connectivity index (χ2v) is 4.62. The van der Waals surface area contributed by atoms with Crippen LogP contribution in [0.1, 0.15) is 12.0 Å². The van der Waals surface area contributed by atoms with Crippen LogP contribution in [0.5, 0.6) is 0 Å². The topological polar surface area (TPSA) is 78.6 Å². The molecule has 0 unspecified atom stereocenters. The minimum Gasteiger partial charge on any atom is -0.398 e. The fourth-order valence-corrected chi connectivity index (χ4v) is 1.68. The van der Waals surface area contributed by atoms with Crippen LogP contribution in [0.3, 0.4) is 0 Å². The van der Waals surface area contributed by atoms with Gasteiger partial charge < -0.3 is 21.1 Å². The van der Waals surface area contributed by atoms with Crippen molar-refractivity contribution >= 4 is 17.3 Å². The second-order valence-electron chi connectivity index (χ2n) is 4.62. The van der Waals surface area contributed by atoms with Crippen LogP contribution in [0.4, 0.5) is 24.5 Å². The number of nitrogens with two attached hydrogens (primary N) is 1. The summed E-state index contributed by atoms with van der Waals surface area (Å²) >= 11 is 0. The lowest BCUT2D eigenvalue weighted by Gasteiger charge is -2.15. The number of carbonyl (C=O) groups excluding carboxylic acids is 1. The van der Waals surface area contributed by atoms with Gasteiger partial charge in [-0.2, -0.15) is 13.2 Å². The molecule has 4 N–H and O–H groups in total. The number of likely N-dealkylation sites (N-methyl/N-ethyl adjacent to an activating group) is 1. The number of anilines is 2. The van der Waals surface area contributed by atoms with E-state index in [1.807, 2.05) is 0 Å². The Balaban J connectivity index is 2.65. The summed E-state index contributed by atoms with van der Waals surface area (Å²) in [4.78, 5) is 13.4. The van der Waals surface area contributed by atoms with Crippen molar-refractivity contribution in [1.29, 1.82) is 0 Å². The highest BCUT2D eigenvalue weighted by Gasteiger charge is 2.33. The summed E-state index contributed by atoms with van der Waals surface area (Å²) in [6.07, 6.45) is -4.45. The van der Waals surface area contributed by atoms with Crippen LogP contribution < -0.4 is 11.1 Å². The lowest BCUT2D eigenvalue weighted by Crippen LogP contribution is -2.26. The minimum atomic E-state index is -4.56. The number of benzene rings is 1. The van der Waals surface area contributed by atoms with Crippen molar-refractivity contribution in [2.75, 3.05) is 37.8 Å². The van der Waals surface area contributed by atoms with E-state index in [0.29, 0.717) is 13.1 Å². The van der Waals surface area contributed by atoms with E-state index in [1.54, 1.807) is 11.9 Å². The number of nitrogens with zero attached hydrogens (tertiary/aromatic N) is 1. The quantitative estimate of drug-likeness (QED) is 0.697. The minimum absolute atomic E-state index is 0.0228. The normalized spacial score (nSPS) is 11.7. The third-order valence-electron chi connectivity index (χ3n) is 2.84. The Hall–Kier alpha value is -1.80. The molecule has 0 saturated heterocycles. The van der Waals surface area contributed by atoms with E-state index in [0.717, 1.165) is 12.1 Å². The van der Waals surface area contributed by atoms with Crippen molar-refractivity contribution in [3.63, 3.8) is 0 Å². The van der Waals surface area contributed by atoms with Crippen molar-refractivity contribution in [2.45, 2.75) is 12.6 Å². The number of carbonyl (C=O) groups is 1. The van der Waals surface area contributed by atoms with Crippen molar-refractivity contribution in [1.82, 2.24) is 4.90 Å². The smallest absolute Gasteiger partial charge is 0.398 e. The summed E-state index contributed by atoms with van der Waals surface area (Å²) in [5.74, 6) is -0.405. The zero-order valence-electron chi connectivity index (χ0n) is 11.6. The first-order valence-electron chi connectivity index (χ1n) is 6.30. The Morgan fingerprint density at radius 2 is 2.05 bits per heavy atom. The molecule has 1 rings (SSSR count). The van der Waals surface area contributed by atoms with Crippen molar-refractivity contribution in [2.24, 2.45) is 0 Å². The Morgan fingerprint density at radius 1 is 1.38 bits per heavy atom. The first kappa shape index (κ1) is 17.3. The van der Waals surface area contributed by atoms with Gasteiger partial charge in [0.2, 0.25) is 5.91 Å². The van der Waals surface area contributed by atoms with Crippen LogP contribution in [-0.2, 0) is 11.0 Å². The SMILES string of the molecule is CN(CCO)CCC(=O)Nc1ccc(N)c(C(F)(F)F)c1. The molecule has 0 atom stereocenters. The summed E-state index contributed by atoms with van der Waals surface area (Å²) in [6.45, 7) is 0.798. The number of halogens is 3. The molecule has 1 aromatic rings. The van der Waals surface area contributed by atoms with Crippen molar-refractivity contribution in [3.05, 3.63) is 23.8 Å². The number of alkyl halides is 3. The molecule has 1 aromatic carbocycles. The second kappa shape index (κ2) is 7.28. The molecule has 0 aliphatic carbocycles. The molecule has 118 valence electrons. The highest BCUT2D eigenvalue weighted by Crippen LogP contribution is 2.35. The zero-order valence-corrected chi connectivity index (χ0v) is 11.6. The number of aliphatic hydroxyl groups excluding tert-OH is 1. The number of rotatable bonds is 6. The third-order valence-corrected chi connectivity index (χ3v) is 2.84. The van der Waals surface area contributed by atoms with E-state index in [2.05, 4.69) is 5.32 Å². The van der Waals surface area contributed by atoms with E-state index >= 15 is 0 Å². The van der Waals surface area contributed by atoms with E-state index in [1.165, 1.54) is 6.07 Å². The fourth-order valence-electron chi connectivity index (χ4n) is 1.68. The number of nitrogens with one attached hydrogen (secondary N) is 1. The van der Waals surface area contributed by atoms with E-state index in [4.69, 9.17) is 10.8 Å². The molecular formula is C13H18F3N3O2. The maximum absolute atomic E-state index is 12.7. The molecule has 0 saturated carbocycles. The highest BCUT2D eigenvalue weighted by atomic mass is 19.4. The molecule has 0 heterocycles. The fraction of sp³-hybridized carbons (Fsp3) is 0.462. The van der Waals surface area contributed by atoms with Gasteiger partial charge in [0, 0.05) is 30.9 Å². The molecule has 0 aliphatic rings. The van der Waals surface area contributed by atoms with E-state index in [-0.39, 0.29) is 24.4 Å². The highest BCUT2D eigenvalue weighted by molar-refractivity contribution is 5.91. The summed E-state index contributed by atoms with van der Waals surface area (Å²) < 4.78 is 38.0. The van der Waals surface area contributed by atoms with Gasteiger partial charge in [0.05, 0.1) is 12.2 Å². The van der Waals surface area contributed by atoms with Gasteiger partial charge >= 0.3 is 6.18 Å². The molecule has 0 radical (unpaired) electrons. The molecule has 0 spiro atoms. The van der Waals surface area contributed by atoms with E-state index < -0.39 is 17.6 Å². The molecule has 8 heteroatoms. The van der Waals surface area contributed by atoms with Crippen molar-refractivity contribution < 1.29 is 23.1 Å². The van der Waals surface area contributed by atoms with Crippen LogP contribution in [0.25, 0.3) is 0 Å². The number of aliphatic hydroxyl groups is 1. The molecule has 21 heavy (non-hydrogen) atoms. The van der Waals surface area contributed by atoms with E-state index in [9.17, 15) is 18.0 Å². The monoisotopic (exact) mass is 305 g/mol. The van der Waals surface area contributed by atoms with Crippen molar-refractivity contribution in [3.8, 4) is 0 Å². The number of hydrogen-bond acceptors (Lipinski definition) is 4. The number of hydrogen-bond donors (Lipinski definition) is 3. The Labute approximate surface area is 120 Å². The maximum atomic E-state index is 12.7. The van der Waals surface area contributed by atoms with Gasteiger partial charge in [0.25, 0.3) is 0 Å². The summed E-state index contributed by atoms with van der Waals surface area (Å²) in [5, 5.41) is 11.1. The average molecular weight is 305 g/mol. The summed E-state index contributed by atoms with van der Waals surface area (Å²) in [6, 6.07) is 3.24. The summed E-state index contributed by atoms with van der Waals surface area (Å²) in [7, 11) is 1.73. The Kier molecular flexibility index (Phi) is 5.98. The first-order valence-corrected chi connectivity index (χ1v) is 6.30. The van der Waals surface area contributed by atoms with Crippen LogP contribution >= 0.6 is 0 Å². The molecule has 5 nitrogen and oxygen atoms in total. The van der Waals surface area contributed by atoms with Crippen LogP contribution in [0, 0.1) is 0 Å². The van der Waals surface area contributed by atoms with Gasteiger partial charge in [-0.3, -0.25) is 4.79 Å². The largest absolute Gasteiger partial charge is 0.418 e. The summed E-state index contributed by atoms with van der Waals surface area (Å²) in [5.41, 5.74) is 3.96. The van der Waals surface area contributed by atoms with Gasteiger partial charge in [-0.05, 0) is 25.2 Å². The molecule has 0 bridgehead atoms. The lowest BCUT2D eigenvalue weighted by atomic mass is 10.1. The molecule has 0 fully saturated rings. The van der Waals surface area contributed by atoms with Gasteiger partial charge in [0.15, 0.2) is 0 Å². The van der Waals surface area contributed by atoms with Gasteiger partial charge in [-0.1, -0.05) is 0 Å². The third kappa shape index (κ3) is 5.60. The molecule has 1 amide bonds. The average Bonchev–Trinajstić information content (AvgIpc) is 2.38. The molecular weight excluding hydrogens is 287 g/mol. The lowest BCUT2D eigenvalue weighted by molar-refractivity contribution is -0.136. The maximum Gasteiger partial charge on any atom is 0.418 e. The van der Waals surface area contributed by atoms with Crippen LogP contribution in [0.2, 0.25) is 0 Å². The number of amides is 1.